The van der Waals surface area contributed by atoms with Crippen LogP contribution in [0.15, 0.2) is 9.21 Å². The van der Waals surface area contributed by atoms with Gasteiger partial charge in [0.1, 0.15) is 0 Å². The van der Waals surface area contributed by atoms with Crippen LogP contribution in [0.2, 0.25) is 0 Å². The molecule has 0 aromatic carbocycles. The zero-order chi connectivity index (χ0) is 16.0. The van der Waals surface area contributed by atoms with E-state index >= 15 is 0 Å². The van der Waals surface area contributed by atoms with Gasteiger partial charge in [0.05, 0.1) is 12.3 Å². The lowest BCUT2D eigenvalue weighted by molar-refractivity contribution is 0.460. The Morgan fingerprint density at radius 3 is 2.32 bits per heavy atom. The van der Waals surface area contributed by atoms with Crippen molar-refractivity contribution < 1.29 is 12.8 Å². The first-order chi connectivity index (χ1) is 10.5. The lowest BCUT2D eigenvalue weighted by Crippen LogP contribution is -2.38. The van der Waals surface area contributed by atoms with Crippen LogP contribution in [0.1, 0.15) is 57.3 Å². The number of hydrogen-bond acceptors (Lipinski definition) is 5. The normalized spacial score (nSPS) is 18.6. The topological polar surface area (TPSA) is 94.2 Å². The Kier molecular flexibility index (Phi) is 6.19. The number of sulfonamides is 1. The molecule has 8 heteroatoms. The third-order valence-corrected chi connectivity index (χ3v) is 5.39. The first-order valence-electron chi connectivity index (χ1n) is 8.01. The quantitative estimate of drug-likeness (QED) is 0.884. The lowest BCUT2D eigenvalue weighted by atomic mass is 10.1. The van der Waals surface area contributed by atoms with Crippen LogP contribution in [0.5, 0.6) is 0 Å². The molecule has 0 radical (unpaired) electrons. The molecular weight excluding hydrogens is 306 g/mol. The minimum atomic E-state index is -3.42. The van der Waals surface area contributed by atoms with Gasteiger partial charge < -0.3 is 4.42 Å². The highest BCUT2D eigenvalue weighted by Crippen LogP contribution is 2.17. The summed E-state index contributed by atoms with van der Waals surface area (Å²) in [6.07, 6.45) is 8.74. The van der Waals surface area contributed by atoms with E-state index in [0.717, 1.165) is 30.4 Å². The highest BCUT2D eigenvalue weighted by Gasteiger charge is 2.19. The van der Waals surface area contributed by atoms with Gasteiger partial charge in [-0.15, -0.1) is 5.10 Å². The van der Waals surface area contributed by atoms with Crippen LogP contribution in [-0.4, -0.2) is 30.0 Å². The van der Waals surface area contributed by atoms with Gasteiger partial charge in [-0.2, -0.15) is 4.68 Å². The molecule has 0 unspecified atom stereocenters. The summed E-state index contributed by atoms with van der Waals surface area (Å²) in [6, 6.07) is 0.0128. The number of aryl methyl sites for hydroxylation is 2. The third-order valence-electron chi connectivity index (χ3n) is 3.98. The molecule has 1 aromatic heterocycles. The zero-order valence-electron chi connectivity index (χ0n) is 13.1. The maximum Gasteiger partial charge on any atom is 0.437 e. The minimum Gasteiger partial charge on any atom is -0.393 e. The molecule has 1 saturated carbocycles. The Labute approximate surface area is 131 Å². The summed E-state index contributed by atoms with van der Waals surface area (Å²) in [5.74, 6) is -0.531. The molecule has 0 spiro atoms. The van der Waals surface area contributed by atoms with Crippen LogP contribution >= 0.6 is 0 Å². The van der Waals surface area contributed by atoms with Gasteiger partial charge in [-0.05, 0) is 12.8 Å². The molecule has 0 aliphatic heterocycles. The van der Waals surface area contributed by atoms with Crippen molar-refractivity contribution in [1.29, 1.82) is 0 Å². The van der Waals surface area contributed by atoms with E-state index in [9.17, 15) is 13.2 Å². The molecule has 22 heavy (non-hydrogen) atoms. The first kappa shape index (κ1) is 17.2. The fourth-order valence-corrected chi connectivity index (χ4v) is 4.10. The molecule has 126 valence electrons. The van der Waals surface area contributed by atoms with E-state index in [2.05, 4.69) is 9.82 Å². The fraction of sp³-hybridized carbons (Fsp3) is 0.857. The van der Waals surface area contributed by atoms with E-state index in [-0.39, 0.29) is 24.2 Å². The highest BCUT2D eigenvalue weighted by molar-refractivity contribution is 7.89. The summed E-state index contributed by atoms with van der Waals surface area (Å²) in [5, 5.41) is 3.85. The van der Waals surface area contributed by atoms with Crippen molar-refractivity contribution >= 4 is 10.0 Å². The van der Waals surface area contributed by atoms with E-state index in [4.69, 9.17) is 4.42 Å². The van der Waals surface area contributed by atoms with Gasteiger partial charge in [0.2, 0.25) is 15.9 Å². The van der Waals surface area contributed by atoms with Crippen LogP contribution in [0.4, 0.5) is 0 Å². The Morgan fingerprint density at radius 1 is 1.18 bits per heavy atom. The Balaban J connectivity index is 1.88. The van der Waals surface area contributed by atoms with E-state index in [1.807, 2.05) is 0 Å². The molecule has 1 aliphatic rings. The maximum absolute atomic E-state index is 12.2. The highest BCUT2D eigenvalue weighted by atomic mass is 32.2. The van der Waals surface area contributed by atoms with Gasteiger partial charge in [0.25, 0.3) is 0 Å². The summed E-state index contributed by atoms with van der Waals surface area (Å²) < 4.78 is 33.0. The predicted octanol–water partition coefficient (Wildman–Crippen LogP) is 1.57. The van der Waals surface area contributed by atoms with Crippen molar-refractivity contribution in [1.82, 2.24) is 14.5 Å². The minimum absolute atomic E-state index is 0.0121. The van der Waals surface area contributed by atoms with E-state index < -0.39 is 15.8 Å². The van der Waals surface area contributed by atoms with Crippen molar-refractivity contribution in [3.8, 4) is 0 Å². The molecule has 1 fully saturated rings. The average molecular weight is 331 g/mol. The first-order valence-corrected chi connectivity index (χ1v) is 9.66. The third kappa shape index (κ3) is 5.57. The van der Waals surface area contributed by atoms with E-state index in [1.54, 1.807) is 6.92 Å². The molecule has 7 nitrogen and oxygen atoms in total. The summed E-state index contributed by atoms with van der Waals surface area (Å²) in [6.45, 7) is 1.57. The van der Waals surface area contributed by atoms with Crippen molar-refractivity contribution in [3.05, 3.63) is 16.4 Å². The smallest absolute Gasteiger partial charge is 0.393 e. The van der Waals surface area contributed by atoms with Gasteiger partial charge >= 0.3 is 5.76 Å². The Morgan fingerprint density at radius 2 is 1.77 bits per heavy atom. The molecular formula is C14H25N3O4S. The standard InChI is InChI=1S/C14H25N3O4S/c1-12-15-17(14(18)21-12)10-11-22(19,20)16-13-8-6-4-2-3-5-7-9-13/h13,16H,2-11H2,1H3. The molecule has 0 bridgehead atoms. The molecule has 0 saturated heterocycles. The molecule has 0 atom stereocenters. The maximum atomic E-state index is 12.2. The van der Waals surface area contributed by atoms with Gasteiger partial charge in [-0.3, -0.25) is 0 Å². The van der Waals surface area contributed by atoms with Crippen LogP contribution < -0.4 is 10.5 Å². The predicted molar refractivity (Wildman–Crippen MR) is 83.1 cm³/mol. The molecule has 0 amide bonds. The zero-order valence-corrected chi connectivity index (χ0v) is 13.9. The van der Waals surface area contributed by atoms with Crippen LogP contribution in [0, 0.1) is 6.92 Å². The summed E-state index contributed by atoms with van der Waals surface area (Å²) in [4.78, 5) is 11.4. The fourth-order valence-electron chi connectivity index (χ4n) is 2.82. The van der Waals surface area contributed by atoms with Crippen molar-refractivity contribution in [2.75, 3.05) is 5.75 Å². The van der Waals surface area contributed by atoms with Crippen molar-refractivity contribution in [2.45, 2.75) is 70.9 Å². The van der Waals surface area contributed by atoms with Gasteiger partial charge in [-0.25, -0.2) is 17.9 Å². The van der Waals surface area contributed by atoms with Gasteiger partial charge in [0.15, 0.2) is 0 Å². The summed E-state index contributed by atoms with van der Waals surface area (Å²) in [5.41, 5.74) is 0. The molecule has 1 aliphatic carbocycles. The van der Waals surface area contributed by atoms with Crippen LogP contribution in [0.25, 0.3) is 0 Å². The Hall–Kier alpha value is -1.15. The average Bonchev–Trinajstić information content (AvgIpc) is 2.82. The number of nitrogens with one attached hydrogen (secondary N) is 1. The molecule has 1 N–H and O–H groups in total. The number of nitrogens with zero attached hydrogens (tertiary/aromatic N) is 2. The largest absolute Gasteiger partial charge is 0.437 e. The SMILES string of the molecule is Cc1nn(CCS(=O)(=O)NC2CCCCCCCC2)c(=O)o1. The van der Waals surface area contributed by atoms with Crippen LogP contribution in [-0.2, 0) is 16.6 Å². The second-order valence-electron chi connectivity index (χ2n) is 5.94. The molecule has 1 heterocycles. The number of hydrogen-bond donors (Lipinski definition) is 1. The summed E-state index contributed by atoms with van der Waals surface area (Å²) >= 11 is 0. The van der Waals surface area contributed by atoms with E-state index in [1.165, 1.54) is 25.7 Å². The Bertz CT molecular complexity index is 610. The van der Waals surface area contributed by atoms with Crippen molar-refractivity contribution in [2.24, 2.45) is 0 Å². The number of rotatable bonds is 5. The van der Waals surface area contributed by atoms with Crippen LogP contribution in [0.3, 0.4) is 0 Å². The monoisotopic (exact) mass is 331 g/mol. The van der Waals surface area contributed by atoms with Gasteiger partial charge in [0, 0.05) is 13.0 Å². The lowest BCUT2D eigenvalue weighted by Gasteiger charge is -2.17. The molecule has 2 rings (SSSR count). The van der Waals surface area contributed by atoms with Gasteiger partial charge in [-0.1, -0.05) is 38.5 Å². The van der Waals surface area contributed by atoms with Crippen molar-refractivity contribution in [3.63, 3.8) is 0 Å². The number of aromatic nitrogens is 2. The second kappa shape index (κ2) is 7.92. The summed E-state index contributed by atoms with van der Waals surface area (Å²) in [7, 11) is -3.42. The van der Waals surface area contributed by atoms with E-state index in [0.29, 0.717) is 0 Å². The second-order valence-corrected chi connectivity index (χ2v) is 7.82. The molecule has 1 aromatic rings.